The summed E-state index contributed by atoms with van der Waals surface area (Å²) >= 11 is 0. The molecule has 0 fully saturated rings. The summed E-state index contributed by atoms with van der Waals surface area (Å²) in [4.78, 5) is 11.9. The number of hydrogen-bond acceptors (Lipinski definition) is 2. The molecule has 1 amide bonds. The molecular weight excluding hydrogens is 356 g/mol. The number of anilines is 1. The third-order valence-corrected chi connectivity index (χ3v) is 3.08. The molecule has 124 valence electrons. The molecule has 23 heavy (non-hydrogen) atoms. The highest BCUT2D eigenvalue weighted by Gasteiger charge is 2.18. The van der Waals surface area contributed by atoms with E-state index in [2.05, 4.69) is 17.4 Å². The number of rotatable bonds is 3. The molecule has 1 N–H and O–H groups in total. The van der Waals surface area contributed by atoms with Crippen molar-refractivity contribution >= 4 is 11.8 Å². The minimum atomic E-state index is -0.507. The third-order valence-electron chi connectivity index (χ3n) is 3.08. The second kappa shape index (κ2) is 8.11. The molecule has 0 radical (unpaired) electrons. The average molecular weight is 379 g/mol. The second-order valence-corrected chi connectivity index (χ2v) is 6.33. The lowest BCUT2D eigenvalue weighted by Crippen LogP contribution is -3.00. The van der Waals surface area contributed by atoms with Crippen LogP contribution in [0.1, 0.15) is 31.9 Å². The minimum Gasteiger partial charge on any atom is -1.00 e. The Hall–Kier alpha value is -1.88. The van der Waals surface area contributed by atoms with E-state index in [0.29, 0.717) is 0 Å². The third kappa shape index (κ3) is 6.40. The molecule has 2 rings (SSSR count). The lowest BCUT2D eigenvalue weighted by molar-refractivity contribution is -0.687. The van der Waals surface area contributed by atoms with E-state index >= 15 is 0 Å². The van der Waals surface area contributed by atoms with Crippen LogP contribution in [0.2, 0.25) is 0 Å². The standard InChI is InChI=1S/C18H22N2O2.BrH/c1-14-10-11-20(12-15-8-6-5-7-9-15)13-16(14)19-17(21)22-18(2,3)4;/h5-11,13H,12H2,1-4H3;1H. The molecule has 0 bridgehead atoms. The highest BCUT2D eigenvalue weighted by Crippen LogP contribution is 2.14. The van der Waals surface area contributed by atoms with Crippen LogP contribution in [0.3, 0.4) is 0 Å². The summed E-state index contributed by atoms with van der Waals surface area (Å²) in [5.41, 5.74) is 2.45. The van der Waals surface area contributed by atoms with Crippen molar-refractivity contribution in [1.29, 1.82) is 0 Å². The van der Waals surface area contributed by atoms with E-state index in [9.17, 15) is 4.79 Å². The van der Waals surface area contributed by atoms with Crippen LogP contribution in [0.25, 0.3) is 0 Å². The van der Waals surface area contributed by atoms with E-state index in [-0.39, 0.29) is 17.0 Å². The van der Waals surface area contributed by atoms with Crippen LogP contribution in [0.5, 0.6) is 0 Å². The summed E-state index contributed by atoms with van der Waals surface area (Å²) in [6.07, 6.45) is 3.49. The topological polar surface area (TPSA) is 42.2 Å². The second-order valence-electron chi connectivity index (χ2n) is 6.33. The van der Waals surface area contributed by atoms with Crippen molar-refractivity contribution in [2.24, 2.45) is 0 Å². The van der Waals surface area contributed by atoms with Gasteiger partial charge in [0.1, 0.15) is 11.3 Å². The summed E-state index contributed by atoms with van der Waals surface area (Å²) in [6.45, 7) is 8.25. The Bertz CT molecular complexity index is 652. The predicted molar refractivity (Wildman–Crippen MR) is 86.8 cm³/mol. The zero-order valence-corrected chi connectivity index (χ0v) is 15.6. The Morgan fingerprint density at radius 3 is 2.43 bits per heavy atom. The molecule has 0 aliphatic carbocycles. The predicted octanol–water partition coefficient (Wildman–Crippen LogP) is 0.682. The molecule has 1 heterocycles. The highest BCUT2D eigenvalue weighted by atomic mass is 79.9. The minimum absolute atomic E-state index is 0. The fourth-order valence-electron chi connectivity index (χ4n) is 2.05. The monoisotopic (exact) mass is 378 g/mol. The lowest BCUT2D eigenvalue weighted by Gasteiger charge is -2.19. The maximum atomic E-state index is 11.9. The fraction of sp³-hybridized carbons (Fsp3) is 0.333. The van der Waals surface area contributed by atoms with Gasteiger partial charge in [0.2, 0.25) is 0 Å². The van der Waals surface area contributed by atoms with Gasteiger partial charge in [-0.25, -0.2) is 4.79 Å². The first-order valence-corrected chi connectivity index (χ1v) is 7.37. The molecule has 0 aliphatic rings. The maximum Gasteiger partial charge on any atom is 0.412 e. The number of aromatic nitrogens is 1. The first-order chi connectivity index (χ1) is 10.3. The van der Waals surface area contributed by atoms with Gasteiger partial charge in [0, 0.05) is 11.6 Å². The van der Waals surface area contributed by atoms with Gasteiger partial charge >= 0.3 is 6.09 Å². The summed E-state index contributed by atoms with van der Waals surface area (Å²) in [6, 6.07) is 12.2. The van der Waals surface area contributed by atoms with Crippen molar-refractivity contribution in [3.8, 4) is 0 Å². The van der Waals surface area contributed by atoms with Crippen molar-refractivity contribution in [3.63, 3.8) is 0 Å². The summed E-state index contributed by atoms with van der Waals surface area (Å²) < 4.78 is 7.33. The SMILES string of the molecule is Cc1cc[n+](Cc2ccccc2)cc1NC(=O)OC(C)(C)C.[Br-]. The molecule has 1 aromatic heterocycles. The van der Waals surface area contributed by atoms with Gasteiger partial charge in [0.25, 0.3) is 0 Å². The Labute approximate surface area is 148 Å². The molecule has 2 aromatic rings. The van der Waals surface area contributed by atoms with E-state index in [4.69, 9.17) is 4.74 Å². The van der Waals surface area contributed by atoms with Crippen LogP contribution < -0.4 is 26.9 Å². The maximum absolute atomic E-state index is 11.9. The Morgan fingerprint density at radius 2 is 1.83 bits per heavy atom. The largest absolute Gasteiger partial charge is 1.00 e. The number of amides is 1. The summed E-state index contributed by atoms with van der Waals surface area (Å²) in [7, 11) is 0. The highest BCUT2D eigenvalue weighted by molar-refractivity contribution is 5.85. The van der Waals surface area contributed by atoms with Crippen molar-refractivity contribution in [2.45, 2.75) is 39.8 Å². The number of hydrogen-bond donors (Lipinski definition) is 1. The van der Waals surface area contributed by atoms with Crippen LogP contribution in [-0.4, -0.2) is 11.7 Å². The number of carbonyl (C=O) groups excluding carboxylic acids is 1. The number of benzene rings is 1. The number of carbonyl (C=O) groups is 1. The molecule has 0 aliphatic heterocycles. The first kappa shape index (κ1) is 19.2. The van der Waals surface area contributed by atoms with Crippen molar-refractivity contribution < 1.29 is 31.1 Å². The van der Waals surface area contributed by atoms with E-state index in [1.165, 1.54) is 5.56 Å². The van der Waals surface area contributed by atoms with Gasteiger partial charge in [-0.2, -0.15) is 4.57 Å². The zero-order valence-electron chi connectivity index (χ0n) is 14.0. The van der Waals surface area contributed by atoms with Gasteiger partial charge in [0.15, 0.2) is 18.9 Å². The molecule has 0 unspecified atom stereocenters. The summed E-state index contributed by atoms with van der Waals surface area (Å²) in [5, 5.41) is 2.81. The number of halogens is 1. The number of nitrogens with zero attached hydrogens (tertiary/aromatic N) is 1. The number of ether oxygens (including phenoxy) is 1. The van der Waals surface area contributed by atoms with Crippen LogP contribution in [-0.2, 0) is 11.3 Å². The number of pyridine rings is 1. The number of nitrogens with one attached hydrogen (secondary N) is 1. The van der Waals surface area contributed by atoms with Gasteiger partial charge in [-0.05, 0) is 33.3 Å². The van der Waals surface area contributed by atoms with E-state index < -0.39 is 11.7 Å². The van der Waals surface area contributed by atoms with Crippen molar-refractivity contribution in [2.75, 3.05) is 5.32 Å². The zero-order chi connectivity index (χ0) is 16.2. The first-order valence-electron chi connectivity index (χ1n) is 7.37. The normalized spacial score (nSPS) is 10.6. The molecule has 0 saturated carbocycles. The Kier molecular flexibility index (Phi) is 6.76. The molecule has 0 spiro atoms. The Balaban J connectivity index is 0.00000264. The van der Waals surface area contributed by atoms with Gasteiger partial charge in [-0.3, -0.25) is 5.32 Å². The van der Waals surface area contributed by atoms with Gasteiger partial charge in [0.05, 0.1) is 0 Å². The van der Waals surface area contributed by atoms with E-state index in [1.807, 2.05) is 68.9 Å². The van der Waals surface area contributed by atoms with Crippen LogP contribution in [0.4, 0.5) is 10.5 Å². The smallest absolute Gasteiger partial charge is 0.412 e. The van der Waals surface area contributed by atoms with Crippen LogP contribution in [0.15, 0.2) is 48.8 Å². The quantitative estimate of drug-likeness (QED) is 0.798. The fourth-order valence-corrected chi connectivity index (χ4v) is 2.05. The molecule has 0 atom stereocenters. The van der Waals surface area contributed by atoms with E-state index in [0.717, 1.165) is 17.8 Å². The molecular formula is C18H23BrN2O2. The molecule has 0 saturated heterocycles. The van der Waals surface area contributed by atoms with Crippen molar-refractivity contribution in [3.05, 3.63) is 59.9 Å². The van der Waals surface area contributed by atoms with Gasteiger partial charge in [-0.1, -0.05) is 30.3 Å². The van der Waals surface area contributed by atoms with Gasteiger partial charge < -0.3 is 21.7 Å². The van der Waals surface area contributed by atoms with E-state index in [1.54, 1.807) is 0 Å². The van der Waals surface area contributed by atoms with Crippen LogP contribution >= 0.6 is 0 Å². The molecule has 1 aromatic carbocycles. The van der Waals surface area contributed by atoms with Crippen LogP contribution in [0, 0.1) is 6.92 Å². The molecule has 4 nitrogen and oxygen atoms in total. The van der Waals surface area contributed by atoms with Crippen molar-refractivity contribution in [1.82, 2.24) is 0 Å². The van der Waals surface area contributed by atoms with Gasteiger partial charge in [-0.15, -0.1) is 0 Å². The number of aryl methyl sites for hydroxylation is 1. The molecule has 5 heteroatoms. The lowest BCUT2D eigenvalue weighted by atomic mass is 10.2. The Morgan fingerprint density at radius 1 is 1.17 bits per heavy atom. The average Bonchev–Trinajstić information content (AvgIpc) is 2.41. The summed E-state index contributed by atoms with van der Waals surface area (Å²) in [5.74, 6) is 0.